The predicted octanol–water partition coefficient (Wildman–Crippen LogP) is 2.85. The van der Waals surface area contributed by atoms with Gasteiger partial charge in [0.05, 0.1) is 0 Å². The molecule has 1 rings (SSSR count). The van der Waals surface area contributed by atoms with Gasteiger partial charge in [-0.2, -0.15) is 6.07 Å². The fourth-order valence-corrected chi connectivity index (χ4v) is 0.385. The van der Waals surface area contributed by atoms with E-state index in [9.17, 15) is 0 Å². The minimum atomic E-state index is 0. The molecule has 1 aromatic rings. The Hall–Kier alpha value is 0.254. The molecule has 0 aliphatic rings. The van der Waals surface area contributed by atoms with Crippen LogP contribution in [0.2, 0.25) is 0 Å². The van der Waals surface area contributed by atoms with Crippen LogP contribution in [0, 0.1) is 13.0 Å². The molecule has 1 radical (unpaired) electrons. The third-order valence-corrected chi connectivity index (χ3v) is 0.777. The number of rotatable bonds is 0. The van der Waals surface area contributed by atoms with Gasteiger partial charge in [-0.1, -0.05) is 40.6 Å². The first-order chi connectivity index (χ1) is 4.39. The summed E-state index contributed by atoms with van der Waals surface area (Å²) in [5.41, 5.74) is 1.13. The Balaban J connectivity index is -0.000000149. The van der Waals surface area contributed by atoms with E-state index in [-0.39, 0.29) is 40.1 Å². The van der Waals surface area contributed by atoms with Crippen LogP contribution in [0.5, 0.6) is 0 Å². The fraction of sp³-hybridized carbons (Fsp3) is 0.444. The molecule has 0 N–H and O–H groups in total. The summed E-state index contributed by atoms with van der Waals surface area (Å²) in [4.78, 5) is 3.79. The molecule has 0 aromatic carbocycles. The average molecular weight is 227 g/mol. The minimum Gasteiger partial charge on any atom is -0.304 e. The van der Waals surface area contributed by atoms with Crippen molar-refractivity contribution in [2.75, 3.05) is 0 Å². The van der Waals surface area contributed by atoms with E-state index in [0.717, 1.165) is 5.56 Å². The molecule has 0 aliphatic heterocycles. The number of aromatic nitrogens is 1. The predicted molar refractivity (Wildman–Crippen MR) is 45.9 cm³/mol. The fourth-order valence-electron chi connectivity index (χ4n) is 0.385. The summed E-state index contributed by atoms with van der Waals surface area (Å²) in [7, 11) is 0. The van der Waals surface area contributed by atoms with Gasteiger partial charge in [-0.15, -0.1) is 0 Å². The zero-order valence-corrected chi connectivity index (χ0v) is 9.59. The van der Waals surface area contributed by atoms with Crippen LogP contribution in [0.1, 0.15) is 26.8 Å². The maximum absolute atomic E-state index is 3.79. The first-order valence-corrected chi connectivity index (χ1v) is 3.18. The molecule has 0 saturated carbocycles. The second kappa shape index (κ2) is 12.9. The summed E-state index contributed by atoms with van der Waals surface area (Å²) < 4.78 is 0. The van der Waals surface area contributed by atoms with Gasteiger partial charge in [0.15, 0.2) is 0 Å². The number of aryl methyl sites for hydroxylation is 1. The molecular weight excluding hydrogens is 211 g/mol. The Labute approximate surface area is 95.5 Å². The number of hydrogen-bond donors (Lipinski definition) is 0. The van der Waals surface area contributed by atoms with Gasteiger partial charge in [0.2, 0.25) is 0 Å². The molecule has 0 fully saturated rings. The van der Waals surface area contributed by atoms with Gasteiger partial charge in [-0.05, 0) is 0 Å². The monoisotopic (exact) mass is 227 g/mol. The molecule has 0 bridgehead atoms. The van der Waals surface area contributed by atoms with Crippen molar-refractivity contribution in [1.82, 2.24) is 4.98 Å². The zero-order chi connectivity index (χ0) is 7.11. The van der Waals surface area contributed by atoms with E-state index in [0.29, 0.717) is 0 Å². The molecule has 11 heavy (non-hydrogen) atoms. The Bertz CT molecular complexity index is 139. The first kappa shape index (κ1) is 17.4. The molecule has 0 aliphatic carbocycles. The number of pyridine rings is 1. The molecule has 1 aromatic heterocycles. The zero-order valence-electron chi connectivity index (χ0n) is 6.76. The average Bonchev–Trinajstić information content (AvgIpc) is 1.94. The van der Waals surface area contributed by atoms with Crippen molar-refractivity contribution in [1.29, 1.82) is 0 Å². The number of nitrogens with zero attached hydrogens (tertiary/aromatic N) is 1. The Morgan fingerprint density at radius 3 is 2.09 bits per heavy atom. The molecule has 0 amide bonds. The third-order valence-electron chi connectivity index (χ3n) is 0.777. The molecule has 1 nitrogen and oxygen atoms in total. The van der Waals surface area contributed by atoms with Crippen molar-refractivity contribution < 1.29 is 32.7 Å². The van der Waals surface area contributed by atoms with Gasteiger partial charge in [0.25, 0.3) is 0 Å². The number of hydrogen-bond acceptors (Lipinski definition) is 1. The molecule has 0 unspecified atom stereocenters. The van der Waals surface area contributed by atoms with Gasteiger partial charge in [0, 0.05) is 32.7 Å². The maximum atomic E-state index is 3.79. The second-order valence-electron chi connectivity index (χ2n) is 1.42. The maximum Gasteiger partial charge on any atom is 0 e. The summed E-state index contributed by atoms with van der Waals surface area (Å²) in [5.74, 6) is 0. The standard InChI is InChI=1S/C6H6N.C2H6.CH4.Y/c1-6-2-4-7-5-3-6;1-2;;/h2,4-5H,1H3;1-2H3;1H4;/q-1;;;. The normalized spacial score (nSPS) is 6.09. The van der Waals surface area contributed by atoms with Gasteiger partial charge in [-0.25, -0.2) is 11.6 Å². The van der Waals surface area contributed by atoms with E-state index in [4.69, 9.17) is 0 Å². The van der Waals surface area contributed by atoms with Gasteiger partial charge in [-0.3, -0.25) is 0 Å². The van der Waals surface area contributed by atoms with E-state index >= 15 is 0 Å². The van der Waals surface area contributed by atoms with Crippen molar-refractivity contribution in [3.05, 3.63) is 30.1 Å². The smallest absolute Gasteiger partial charge is 0 e. The largest absolute Gasteiger partial charge is 0.304 e. The molecule has 0 spiro atoms. The first-order valence-electron chi connectivity index (χ1n) is 3.18. The van der Waals surface area contributed by atoms with Crippen LogP contribution < -0.4 is 0 Å². The van der Waals surface area contributed by atoms with Crippen molar-refractivity contribution >= 4 is 0 Å². The SMILES string of the molecule is C.CC.Cc1[c-]cncc1.[Y]. The van der Waals surface area contributed by atoms with Crippen LogP contribution in [0.3, 0.4) is 0 Å². The van der Waals surface area contributed by atoms with Crippen molar-refractivity contribution in [2.24, 2.45) is 0 Å². The van der Waals surface area contributed by atoms with Crippen molar-refractivity contribution in [3.8, 4) is 0 Å². The molecule has 0 atom stereocenters. The topological polar surface area (TPSA) is 12.9 Å². The molecule has 0 saturated heterocycles. The Morgan fingerprint density at radius 2 is 1.91 bits per heavy atom. The molecule has 61 valence electrons. The van der Waals surface area contributed by atoms with Crippen molar-refractivity contribution in [2.45, 2.75) is 28.2 Å². The van der Waals surface area contributed by atoms with E-state index < -0.39 is 0 Å². The summed E-state index contributed by atoms with van der Waals surface area (Å²) >= 11 is 0. The van der Waals surface area contributed by atoms with Crippen LogP contribution in [-0.4, -0.2) is 4.98 Å². The van der Waals surface area contributed by atoms with Crippen LogP contribution >= 0.6 is 0 Å². The summed E-state index contributed by atoms with van der Waals surface area (Å²) in [6.45, 7) is 5.99. The van der Waals surface area contributed by atoms with Gasteiger partial charge >= 0.3 is 0 Å². The van der Waals surface area contributed by atoms with E-state index in [1.54, 1.807) is 12.4 Å². The quantitative estimate of drug-likeness (QED) is 0.621. The molecule has 2 heteroatoms. The molecule has 1 heterocycles. The van der Waals surface area contributed by atoms with Crippen LogP contribution in [0.15, 0.2) is 18.5 Å². The van der Waals surface area contributed by atoms with Gasteiger partial charge in [0.1, 0.15) is 0 Å². The molecular formula is C9H16NY-. The summed E-state index contributed by atoms with van der Waals surface area (Å²) in [6.07, 6.45) is 3.42. The Kier molecular flexibility index (Phi) is 20.4. The van der Waals surface area contributed by atoms with Crippen molar-refractivity contribution in [3.63, 3.8) is 0 Å². The second-order valence-corrected chi connectivity index (χ2v) is 1.42. The third kappa shape index (κ3) is 10.3. The summed E-state index contributed by atoms with van der Waals surface area (Å²) in [6, 6.07) is 4.84. The minimum absolute atomic E-state index is 0. The van der Waals surface area contributed by atoms with Crippen LogP contribution in [-0.2, 0) is 32.7 Å². The van der Waals surface area contributed by atoms with E-state index in [2.05, 4.69) is 11.1 Å². The van der Waals surface area contributed by atoms with Crippen LogP contribution in [0.4, 0.5) is 0 Å². The van der Waals surface area contributed by atoms with E-state index in [1.807, 2.05) is 26.8 Å². The van der Waals surface area contributed by atoms with Gasteiger partial charge < -0.3 is 4.98 Å². The van der Waals surface area contributed by atoms with E-state index in [1.165, 1.54) is 0 Å². The Morgan fingerprint density at radius 1 is 1.36 bits per heavy atom. The summed E-state index contributed by atoms with van der Waals surface area (Å²) in [5, 5.41) is 0. The van der Waals surface area contributed by atoms with Crippen LogP contribution in [0.25, 0.3) is 0 Å².